The third kappa shape index (κ3) is 2.47. The van der Waals surface area contributed by atoms with Crippen molar-refractivity contribution in [1.29, 1.82) is 5.26 Å². The monoisotopic (exact) mass is 280 g/mol. The van der Waals surface area contributed by atoms with E-state index in [-0.39, 0.29) is 22.7 Å². The van der Waals surface area contributed by atoms with Gasteiger partial charge in [-0.1, -0.05) is 0 Å². The van der Waals surface area contributed by atoms with Crippen molar-refractivity contribution in [2.45, 2.75) is 30.8 Å². The highest BCUT2D eigenvalue weighted by Crippen LogP contribution is 2.24. The minimum absolute atomic E-state index is 0.0156. The van der Waals surface area contributed by atoms with E-state index in [9.17, 15) is 8.42 Å². The Morgan fingerprint density at radius 2 is 2.05 bits per heavy atom. The SMILES string of the molecule is CC1CNCC(C)N1S(=O)(=O)c1cccnc1C#N. The van der Waals surface area contributed by atoms with Gasteiger partial charge < -0.3 is 5.32 Å². The number of nitrogens with zero attached hydrogens (tertiary/aromatic N) is 3. The fraction of sp³-hybridized carbons (Fsp3) is 0.500. The number of rotatable bonds is 2. The molecule has 102 valence electrons. The highest BCUT2D eigenvalue weighted by Gasteiger charge is 2.37. The lowest BCUT2D eigenvalue weighted by Crippen LogP contribution is -2.57. The van der Waals surface area contributed by atoms with Crippen molar-refractivity contribution in [2.24, 2.45) is 0 Å². The van der Waals surface area contributed by atoms with Crippen molar-refractivity contribution in [3.05, 3.63) is 24.0 Å². The third-order valence-corrected chi connectivity index (χ3v) is 5.34. The number of piperazine rings is 1. The molecule has 0 aliphatic carbocycles. The lowest BCUT2D eigenvalue weighted by Gasteiger charge is -2.38. The number of pyridine rings is 1. The first-order chi connectivity index (χ1) is 8.98. The summed E-state index contributed by atoms with van der Waals surface area (Å²) in [7, 11) is -3.69. The maximum Gasteiger partial charge on any atom is 0.246 e. The van der Waals surface area contributed by atoms with Crippen LogP contribution in [-0.4, -0.2) is 42.9 Å². The molecule has 1 aliphatic rings. The predicted molar refractivity (Wildman–Crippen MR) is 69.8 cm³/mol. The van der Waals surface area contributed by atoms with Gasteiger partial charge in [-0.15, -0.1) is 0 Å². The molecule has 1 saturated heterocycles. The molecule has 1 aliphatic heterocycles. The Kier molecular flexibility index (Phi) is 3.85. The zero-order valence-corrected chi connectivity index (χ0v) is 11.7. The molecule has 2 unspecified atom stereocenters. The van der Waals surface area contributed by atoms with E-state index in [0.29, 0.717) is 13.1 Å². The van der Waals surface area contributed by atoms with E-state index in [1.165, 1.54) is 22.6 Å². The predicted octanol–water partition coefficient (Wildman–Crippen LogP) is 0.324. The summed E-state index contributed by atoms with van der Waals surface area (Å²) in [6.07, 6.45) is 1.42. The zero-order chi connectivity index (χ0) is 14.0. The van der Waals surface area contributed by atoms with Gasteiger partial charge in [-0.05, 0) is 26.0 Å². The van der Waals surface area contributed by atoms with Gasteiger partial charge in [0.15, 0.2) is 5.69 Å². The molecule has 1 fully saturated rings. The molecular formula is C12H16N4O2S. The lowest BCUT2D eigenvalue weighted by molar-refractivity contribution is 0.220. The molecule has 1 aromatic rings. The van der Waals surface area contributed by atoms with E-state index in [4.69, 9.17) is 5.26 Å². The van der Waals surface area contributed by atoms with E-state index < -0.39 is 10.0 Å². The number of nitriles is 1. The van der Waals surface area contributed by atoms with E-state index in [0.717, 1.165) is 0 Å². The van der Waals surface area contributed by atoms with Crippen LogP contribution < -0.4 is 5.32 Å². The molecule has 2 rings (SSSR count). The molecule has 0 radical (unpaired) electrons. The van der Waals surface area contributed by atoms with Crippen LogP contribution in [0.5, 0.6) is 0 Å². The van der Waals surface area contributed by atoms with Crippen molar-refractivity contribution in [2.75, 3.05) is 13.1 Å². The Balaban J connectivity index is 2.50. The van der Waals surface area contributed by atoms with Crippen molar-refractivity contribution in [1.82, 2.24) is 14.6 Å². The molecule has 6 nitrogen and oxygen atoms in total. The standard InChI is InChI=1S/C12H16N4O2S/c1-9-7-14-8-10(2)16(9)19(17,18)12-4-3-5-15-11(12)6-13/h3-5,9-10,14H,7-8H2,1-2H3. The minimum Gasteiger partial charge on any atom is -0.314 e. The Morgan fingerprint density at radius 3 is 2.63 bits per heavy atom. The number of hydrogen-bond donors (Lipinski definition) is 1. The number of hydrogen-bond acceptors (Lipinski definition) is 5. The lowest BCUT2D eigenvalue weighted by atomic mass is 10.2. The molecule has 0 saturated carbocycles. The van der Waals surface area contributed by atoms with Crippen molar-refractivity contribution in [3.8, 4) is 6.07 Å². The Labute approximate surface area is 113 Å². The Hall–Kier alpha value is -1.49. The second-order valence-electron chi connectivity index (χ2n) is 4.65. The average molecular weight is 280 g/mol. The van der Waals surface area contributed by atoms with Gasteiger partial charge in [-0.3, -0.25) is 0 Å². The van der Waals surface area contributed by atoms with Crippen LogP contribution in [-0.2, 0) is 10.0 Å². The van der Waals surface area contributed by atoms with Crippen LogP contribution in [0.4, 0.5) is 0 Å². The van der Waals surface area contributed by atoms with Crippen molar-refractivity contribution in [3.63, 3.8) is 0 Å². The molecule has 1 N–H and O–H groups in total. The summed E-state index contributed by atoms with van der Waals surface area (Å²) in [5.74, 6) is 0. The summed E-state index contributed by atoms with van der Waals surface area (Å²) in [4.78, 5) is 3.81. The molecule has 2 atom stereocenters. The van der Waals surface area contributed by atoms with Gasteiger partial charge >= 0.3 is 0 Å². The van der Waals surface area contributed by atoms with Crippen LogP contribution in [0.1, 0.15) is 19.5 Å². The average Bonchev–Trinajstić information content (AvgIpc) is 2.38. The van der Waals surface area contributed by atoms with E-state index in [1.54, 1.807) is 0 Å². The highest BCUT2D eigenvalue weighted by atomic mass is 32.2. The Morgan fingerprint density at radius 1 is 1.42 bits per heavy atom. The van der Waals surface area contributed by atoms with Gasteiger partial charge in [0.1, 0.15) is 11.0 Å². The van der Waals surface area contributed by atoms with Crippen LogP contribution >= 0.6 is 0 Å². The molecule has 7 heteroatoms. The second-order valence-corrected chi connectivity index (χ2v) is 6.46. The topological polar surface area (TPSA) is 86.1 Å². The fourth-order valence-electron chi connectivity index (χ4n) is 2.39. The second kappa shape index (κ2) is 5.25. The summed E-state index contributed by atoms with van der Waals surface area (Å²) >= 11 is 0. The van der Waals surface area contributed by atoms with Gasteiger partial charge in [0, 0.05) is 31.4 Å². The first-order valence-corrected chi connectivity index (χ1v) is 7.52. The van der Waals surface area contributed by atoms with Crippen LogP contribution in [0, 0.1) is 11.3 Å². The molecular weight excluding hydrogens is 264 g/mol. The molecule has 0 spiro atoms. The molecule has 2 heterocycles. The maximum absolute atomic E-state index is 12.7. The normalized spacial score (nSPS) is 24.9. The fourth-order valence-corrected chi connectivity index (χ4v) is 4.30. The summed E-state index contributed by atoms with van der Waals surface area (Å²) in [5, 5.41) is 12.2. The van der Waals surface area contributed by atoms with Gasteiger partial charge in [-0.25, -0.2) is 13.4 Å². The zero-order valence-electron chi connectivity index (χ0n) is 10.9. The quantitative estimate of drug-likeness (QED) is 0.843. The minimum atomic E-state index is -3.69. The van der Waals surface area contributed by atoms with Gasteiger partial charge in [0.25, 0.3) is 0 Å². The summed E-state index contributed by atoms with van der Waals surface area (Å²) in [6, 6.07) is 4.50. The number of sulfonamides is 1. The molecule has 0 aromatic carbocycles. The largest absolute Gasteiger partial charge is 0.314 e. The van der Waals surface area contributed by atoms with Crippen LogP contribution in [0.15, 0.2) is 23.2 Å². The molecule has 1 aromatic heterocycles. The Bertz CT molecular complexity index is 598. The molecule has 0 bridgehead atoms. The van der Waals surface area contributed by atoms with Gasteiger partial charge in [0.05, 0.1) is 0 Å². The highest BCUT2D eigenvalue weighted by molar-refractivity contribution is 7.89. The van der Waals surface area contributed by atoms with E-state index in [1.807, 2.05) is 19.9 Å². The first-order valence-electron chi connectivity index (χ1n) is 6.08. The van der Waals surface area contributed by atoms with Crippen molar-refractivity contribution < 1.29 is 8.42 Å². The number of aromatic nitrogens is 1. The maximum atomic E-state index is 12.7. The van der Waals surface area contributed by atoms with E-state index >= 15 is 0 Å². The number of nitrogens with one attached hydrogen (secondary N) is 1. The summed E-state index contributed by atoms with van der Waals surface area (Å²) < 4.78 is 26.8. The van der Waals surface area contributed by atoms with Crippen LogP contribution in [0.25, 0.3) is 0 Å². The van der Waals surface area contributed by atoms with Gasteiger partial charge in [-0.2, -0.15) is 9.57 Å². The third-order valence-electron chi connectivity index (χ3n) is 3.18. The van der Waals surface area contributed by atoms with Gasteiger partial charge in [0.2, 0.25) is 10.0 Å². The smallest absolute Gasteiger partial charge is 0.246 e. The van der Waals surface area contributed by atoms with Crippen LogP contribution in [0.2, 0.25) is 0 Å². The first kappa shape index (κ1) is 13.9. The van der Waals surface area contributed by atoms with Crippen molar-refractivity contribution >= 4 is 10.0 Å². The molecule has 0 amide bonds. The van der Waals surface area contributed by atoms with Crippen LogP contribution in [0.3, 0.4) is 0 Å². The molecule has 19 heavy (non-hydrogen) atoms. The summed E-state index contributed by atoms with van der Waals surface area (Å²) in [6.45, 7) is 4.91. The van der Waals surface area contributed by atoms with E-state index in [2.05, 4.69) is 10.3 Å². The summed E-state index contributed by atoms with van der Waals surface area (Å²) in [5.41, 5.74) is -0.0552.